The lowest BCUT2D eigenvalue weighted by atomic mass is 10.0. The van der Waals surface area contributed by atoms with Crippen LogP contribution in [0.2, 0.25) is 0 Å². The molecule has 0 radical (unpaired) electrons. The maximum absolute atomic E-state index is 12.2. The summed E-state index contributed by atoms with van der Waals surface area (Å²) in [5, 5.41) is 0. The number of nitrogens with zero attached hydrogens (tertiary/aromatic N) is 1. The third-order valence-corrected chi connectivity index (χ3v) is 2.66. The van der Waals surface area contributed by atoms with E-state index in [1.807, 2.05) is 18.2 Å². The lowest BCUT2D eigenvalue weighted by molar-refractivity contribution is 0.103. The van der Waals surface area contributed by atoms with Crippen LogP contribution >= 0.6 is 0 Å². The van der Waals surface area contributed by atoms with Gasteiger partial charge in [0.2, 0.25) is 0 Å². The fourth-order valence-corrected chi connectivity index (χ4v) is 1.84. The molecule has 2 heterocycles. The molecule has 1 aromatic carbocycles. The van der Waals surface area contributed by atoms with E-state index in [0.717, 1.165) is 5.56 Å². The van der Waals surface area contributed by atoms with Gasteiger partial charge in [-0.1, -0.05) is 12.1 Å². The lowest BCUT2D eigenvalue weighted by Gasteiger charge is -2.04. The van der Waals surface area contributed by atoms with Gasteiger partial charge in [0.05, 0.1) is 5.56 Å². The summed E-state index contributed by atoms with van der Waals surface area (Å²) in [6.45, 7) is 0.395. The van der Waals surface area contributed by atoms with Gasteiger partial charge in [-0.15, -0.1) is 0 Å². The van der Waals surface area contributed by atoms with Gasteiger partial charge in [0.15, 0.2) is 5.78 Å². The van der Waals surface area contributed by atoms with Crippen molar-refractivity contribution in [2.45, 2.75) is 6.61 Å². The Kier molecular flexibility index (Phi) is 1.96. The van der Waals surface area contributed by atoms with Gasteiger partial charge in [-0.2, -0.15) is 0 Å². The normalized spacial score (nSPS) is 13.4. The van der Waals surface area contributed by atoms with Crippen molar-refractivity contribution < 1.29 is 9.53 Å². The van der Waals surface area contributed by atoms with E-state index in [9.17, 15) is 4.79 Å². The highest BCUT2D eigenvalue weighted by molar-refractivity contribution is 6.11. The summed E-state index contributed by atoms with van der Waals surface area (Å²) in [5.41, 5.74) is 2.14. The standard InChI is InChI=1S/C13H9NO2/c15-13-10-5-6-14-7-9(10)8-16-12-4-2-1-3-11(12)13/h1-7H,8H2. The number of hydrogen-bond acceptors (Lipinski definition) is 3. The van der Waals surface area contributed by atoms with Gasteiger partial charge in [0.1, 0.15) is 12.4 Å². The molecule has 78 valence electrons. The Hall–Kier alpha value is -2.16. The third-order valence-electron chi connectivity index (χ3n) is 2.66. The minimum Gasteiger partial charge on any atom is -0.488 e. The van der Waals surface area contributed by atoms with Crippen molar-refractivity contribution in [3.63, 3.8) is 0 Å². The minimum absolute atomic E-state index is 0.00509. The largest absolute Gasteiger partial charge is 0.488 e. The molecule has 0 fully saturated rings. The molecule has 0 spiro atoms. The summed E-state index contributed by atoms with van der Waals surface area (Å²) >= 11 is 0. The fraction of sp³-hybridized carbons (Fsp3) is 0.0769. The number of benzene rings is 1. The van der Waals surface area contributed by atoms with Crippen LogP contribution in [0.4, 0.5) is 0 Å². The molecule has 0 amide bonds. The summed E-state index contributed by atoms with van der Waals surface area (Å²) in [5.74, 6) is 0.647. The Labute approximate surface area is 92.7 Å². The average Bonchev–Trinajstić information content (AvgIpc) is 2.49. The van der Waals surface area contributed by atoms with Gasteiger partial charge in [0.25, 0.3) is 0 Å². The molecular formula is C13H9NO2. The Morgan fingerprint density at radius 1 is 1.12 bits per heavy atom. The van der Waals surface area contributed by atoms with E-state index in [4.69, 9.17) is 4.74 Å². The topological polar surface area (TPSA) is 39.2 Å². The maximum atomic E-state index is 12.2. The van der Waals surface area contributed by atoms with Crippen molar-refractivity contribution in [2.24, 2.45) is 0 Å². The van der Waals surface area contributed by atoms with Crippen molar-refractivity contribution in [3.05, 3.63) is 59.4 Å². The molecule has 0 atom stereocenters. The van der Waals surface area contributed by atoms with Gasteiger partial charge in [-0.3, -0.25) is 9.78 Å². The lowest BCUT2D eigenvalue weighted by Crippen LogP contribution is -2.02. The second kappa shape index (κ2) is 3.45. The van der Waals surface area contributed by atoms with E-state index in [2.05, 4.69) is 4.98 Å². The first-order valence-electron chi connectivity index (χ1n) is 5.05. The van der Waals surface area contributed by atoms with E-state index in [1.54, 1.807) is 24.5 Å². The van der Waals surface area contributed by atoms with Crippen LogP contribution < -0.4 is 4.74 Å². The van der Waals surface area contributed by atoms with Crippen molar-refractivity contribution >= 4 is 5.78 Å². The summed E-state index contributed by atoms with van der Waals surface area (Å²) in [6.07, 6.45) is 3.31. The third kappa shape index (κ3) is 1.29. The number of aromatic nitrogens is 1. The number of carbonyl (C=O) groups is 1. The first kappa shape index (κ1) is 9.09. The van der Waals surface area contributed by atoms with Crippen molar-refractivity contribution in [1.82, 2.24) is 4.98 Å². The molecule has 0 saturated carbocycles. The number of ether oxygens (including phenoxy) is 1. The van der Waals surface area contributed by atoms with Gasteiger partial charge in [-0.05, 0) is 18.2 Å². The Morgan fingerprint density at radius 3 is 2.94 bits per heavy atom. The van der Waals surface area contributed by atoms with Gasteiger partial charge >= 0.3 is 0 Å². The van der Waals surface area contributed by atoms with Crippen LogP contribution in [0.3, 0.4) is 0 Å². The van der Waals surface area contributed by atoms with Crippen LogP contribution in [0.15, 0.2) is 42.7 Å². The van der Waals surface area contributed by atoms with Crippen LogP contribution in [0, 0.1) is 0 Å². The molecule has 0 N–H and O–H groups in total. The van der Waals surface area contributed by atoms with Crippen molar-refractivity contribution in [2.75, 3.05) is 0 Å². The number of pyridine rings is 1. The molecule has 3 heteroatoms. The highest BCUT2D eigenvalue weighted by Crippen LogP contribution is 2.27. The quantitative estimate of drug-likeness (QED) is 0.670. The monoisotopic (exact) mass is 211 g/mol. The summed E-state index contributed by atoms with van der Waals surface area (Å²) in [7, 11) is 0. The molecule has 3 rings (SSSR count). The highest BCUT2D eigenvalue weighted by atomic mass is 16.5. The number of ketones is 1. The van der Waals surface area contributed by atoms with Crippen LogP contribution in [0.1, 0.15) is 21.5 Å². The molecule has 0 bridgehead atoms. The zero-order valence-electron chi connectivity index (χ0n) is 8.51. The van der Waals surface area contributed by atoms with E-state index in [0.29, 0.717) is 23.5 Å². The summed E-state index contributed by atoms with van der Waals surface area (Å²) < 4.78 is 5.58. The summed E-state index contributed by atoms with van der Waals surface area (Å²) in [4.78, 5) is 16.2. The molecule has 2 aromatic rings. The maximum Gasteiger partial charge on any atom is 0.197 e. The molecule has 1 aliphatic heterocycles. The average molecular weight is 211 g/mol. The minimum atomic E-state index is 0.00509. The molecular weight excluding hydrogens is 202 g/mol. The van der Waals surface area contributed by atoms with Crippen LogP contribution in [0.25, 0.3) is 0 Å². The molecule has 3 nitrogen and oxygen atoms in total. The second-order valence-corrected chi connectivity index (χ2v) is 3.65. The number of fused-ring (bicyclic) bond motifs is 2. The first-order valence-corrected chi connectivity index (χ1v) is 5.05. The second-order valence-electron chi connectivity index (χ2n) is 3.65. The Balaban J connectivity index is 2.22. The number of para-hydroxylation sites is 1. The van der Waals surface area contributed by atoms with E-state index >= 15 is 0 Å². The molecule has 1 aromatic heterocycles. The van der Waals surface area contributed by atoms with Crippen molar-refractivity contribution in [3.8, 4) is 5.75 Å². The molecule has 1 aliphatic rings. The number of rotatable bonds is 0. The number of hydrogen-bond donors (Lipinski definition) is 0. The Bertz CT molecular complexity index is 514. The van der Waals surface area contributed by atoms with E-state index < -0.39 is 0 Å². The predicted octanol–water partition coefficient (Wildman–Crippen LogP) is 2.21. The molecule has 0 aliphatic carbocycles. The number of carbonyl (C=O) groups excluding carboxylic acids is 1. The molecule has 0 unspecified atom stereocenters. The van der Waals surface area contributed by atoms with Crippen LogP contribution in [-0.2, 0) is 6.61 Å². The summed E-state index contributed by atoms with van der Waals surface area (Å²) in [6, 6.07) is 9.04. The molecule has 16 heavy (non-hydrogen) atoms. The fourth-order valence-electron chi connectivity index (χ4n) is 1.84. The smallest absolute Gasteiger partial charge is 0.197 e. The van der Waals surface area contributed by atoms with Gasteiger partial charge in [0, 0.05) is 23.5 Å². The SMILES string of the molecule is O=C1c2ccncc2COc2ccccc21. The van der Waals surface area contributed by atoms with Crippen LogP contribution in [-0.4, -0.2) is 10.8 Å². The van der Waals surface area contributed by atoms with Gasteiger partial charge < -0.3 is 4.74 Å². The van der Waals surface area contributed by atoms with Crippen molar-refractivity contribution in [1.29, 1.82) is 0 Å². The van der Waals surface area contributed by atoms with Gasteiger partial charge in [-0.25, -0.2) is 0 Å². The van der Waals surface area contributed by atoms with E-state index in [-0.39, 0.29) is 5.78 Å². The zero-order chi connectivity index (χ0) is 11.0. The Morgan fingerprint density at radius 2 is 2.00 bits per heavy atom. The molecule has 0 saturated heterocycles. The van der Waals surface area contributed by atoms with Crippen LogP contribution in [0.5, 0.6) is 5.75 Å². The predicted molar refractivity (Wildman–Crippen MR) is 58.4 cm³/mol. The van der Waals surface area contributed by atoms with E-state index in [1.165, 1.54) is 0 Å². The highest BCUT2D eigenvalue weighted by Gasteiger charge is 2.21. The first-order chi connectivity index (χ1) is 7.86. The zero-order valence-corrected chi connectivity index (χ0v) is 8.51.